The standard InChI is InChI=1S/C14H14FNO2S/c1-11-3-2-4-12(9-11)10-19(17,18)16-14-7-5-13(15)6-8-14/h2-9,16H,10H2,1H3. The molecule has 0 bridgehead atoms. The largest absolute Gasteiger partial charge is 0.283 e. The number of hydrogen-bond donors (Lipinski definition) is 1. The van der Waals surface area contributed by atoms with Crippen LogP contribution in [0.15, 0.2) is 48.5 Å². The van der Waals surface area contributed by atoms with Crippen LogP contribution in [-0.4, -0.2) is 8.42 Å². The van der Waals surface area contributed by atoms with Crippen molar-refractivity contribution in [1.82, 2.24) is 0 Å². The monoisotopic (exact) mass is 279 g/mol. The molecule has 5 heteroatoms. The molecule has 0 spiro atoms. The summed E-state index contributed by atoms with van der Waals surface area (Å²) >= 11 is 0. The van der Waals surface area contributed by atoms with E-state index in [1.165, 1.54) is 24.3 Å². The molecule has 0 saturated carbocycles. The van der Waals surface area contributed by atoms with Gasteiger partial charge in [0.1, 0.15) is 5.82 Å². The van der Waals surface area contributed by atoms with Gasteiger partial charge in [-0.05, 0) is 36.8 Å². The Labute approximate surface area is 112 Å². The van der Waals surface area contributed by atoms with Crippen molar-refractivity contribution in [2.24, 2.45) is 0 Å². The highest BCUT2D eigenvalue weighted by Crippen LogP contribution is 2.14. The molecule has 0 aliphatic heterocycles. The Kier molecular flexibility index (Phi) is 3.85. The number of rotatable bonds is 4. The van der Waals surface area contributed by atoms with Gasteiger partial charge in [-0.3, -0.25) is 4.72 Å². The van der Waals surface area contributed by atoms with Crippen molar-refractivity contribution in [1.29, 1.82) is 0 Å². The number of sulfonamides is 1. The highest BCUT2D eigenvalue weighted by atomic mass is 32.2. The molecule has 2 aromatic carbocycles. The fourth-order valence-corrected chi connectivity index (χ4v) is 2.94. The second-order valence-electron chi connectivity index (χ2n) is 4.36. The van der Waals surface area contributed by atoms with E-state index in [4.69, 9.17) is 0 Å². The van der Waals surface area contributed by atoms with Gasteiger partial charge in [0.2, 0.25) is 10.0 Å². The smallest absolute Gasteiger partial charge is 0.236 e. The molecule has 0 atom stereocenters. The molecule has 0 aliphatic rings. The van der Waals surface area contributed by atoms with Crippen LogP contribution in [0.2, 0.25) is 0 Å². The first kappa shape index (κ1) is 13.5. The first-order valence-corrected chi connectivity index (χ1v) is 7.41. The summed E-state index contributed by atoms with van der Waals surface area (Å²) in [5.74, 6) is -0.506. The van der Waals surface area contributed by atoms with E-state index in [0.29, 0.717) is 5.69 Å². The Morgan fingerprint density at radius 2 is 1.79 bits per heavy atom. The van der Waals surface area contributed by atoms with Crippen LogP contribution in [-0.2, 0) is 15.8 Å². The second kappa shape index (κ2) is 5.40. The number of anilines is 1. The van der Waals surface area contributed by atoms with Gasteiger partial charge in [0.15, 0.2) is 0 Å². The topological polar surface area (TPSA) is 46.2 Å². The van der Waals surface area contributed by atoms with Crippen molar-refractivity contribution >= 4 is 15.7 Å². The van der Waals surface area contributed by atoms with E-state index in [-0.39, 0.29) is 5.75 Å². The molecule has 3 nitrogen and oxygen atoms in total. The van der Waals surface area contributed by atoms with Crippen LogP contribution >= 0.6 is 0 Å². The molecular weight excluding hydrogens is 265 g/mol. The molecule has 0 unspecified atom stereocenters. The zero-order chi connectivity index (χ0) is 13.9. The average molecular weight is 279 g/mol. The lowest BCUT2D eigenvalue weighted by Crippen LogP contribution is -2.15. The van der Waals surface area contributed by atoms with Gasteiger partial charge in [0, 0.05) is 5.69 Å². The SMILES string of the molecule is Cc1cccc(CS(=O)(=O)Nc2ccc(F)cc2)c1. The highest BCUT2D eigenvalue weighted by molar-refractivity contribution is 7.91. The molecule has 0 saturated heterocycles. The van der Waals surface area contributed by atoms with E-state index in [1.54, 1.807) is 6.07 Å². The maximum absolute atomic E-state index is 12.7. The van der Waals surface area contributed by atoms with E-state index >= 15 is 0 Å². The van der Waals surface area contributed by atoms with Crippen LogP contribution < -0.4 is 4.72 Å². The van der Waals surface area contributed by atoms with Crippen molar-refractivity contribution in [3.63, 3.8) is 0 Å². The summed E-state index contributed by atoms with van der Waals surface area (Å²) in [5, 5.41) is 0. The minimum Gasteiger partial charge on any atom is -0.283 e. The average Bonchev–Trinajstić information content (AvgIpc) is 2.31. The third-order valence-electron chi connectivity index (χ3n) is 2.56. The fourth-order valence-electron chi connectivity index (χ4n) is 1.75. The summed E-state index contributed by atoms with van der Waals surface area (Å²) < 4.78 is 39.1. The lowest BCUT2D eigenvalue weighted by Gasteiger charge is -2.08. The van der Waals surface area contributed by atoms with Gasteiger partial charge in [0.05, 0.1) is 5.75 Å². The summed E-state index contributed by atoms with van der Waals surface area (Å²) in [7, 11) is -3.49. The maximum atomic E-state index is 12.7. The quantitative estimate of drug-likeness (QED) is 0.935. The fraction of sp³-hybridized carbons (Fsp3) is 0.143. The molecule has 100 valence electrons. The van der Waals surface area contributed by atoms with E-state index in [0.717, 1.165) is 11.1 Å². The minimum absolute atomic E-state index is 0.105. The molecule has 2 rings (SSSR count). The van der Waals surface area contributed by atoms with Crippen LogP contribution in [0.1, 0.15) is 11.1 Å². The van der Waals surface area contributed by atoms with Crippen LogP contribution in [0.5, 0.6) is 0 Å². The third-order valence-corrected chi connectivity index (χ3v) is 3.82. The zero-order valence-corrected chi connectivity index (χ0v) is 11.2. The van der Waals surface area contributed by atoms with Gasteiger partial charge < -0.3 is 0 Å². The highest BCUT2D eigenvalue weighted by Gasteiger charge is 2.11. The molecule has 0 heterocycles. The molecule has 0 aliphatic carbocycles. The van der Waals surface area contributed by atoms with Crippen molar-refractivity contribution in [2.75, 3.05) is 4.72 Å². The Balaban J connectivity index is 2.13. The number of hydrogen-bond acceptors (Lipinski definition) is 2. The summed E-state index contributed by atoms with van der Waals surface area (Å²) in [4.78, 5) is 0. The van der Waals surface area contributed by atoms with E-state index < -0.39 is 15.8 Å². The lowest BCUT2D eigenvalue weighted by atomic mass is 10.2. The molecule has 0 radical (unpaired) electrons. The van der Waals surface area contributed by atoms with Crippen LogP contribution in [0.3, 0.4) is 0 Å². The first-order valence-electron chi connectivity index (χ1n) is 5.76. The molecule has 0 aromatic heterocycles. The summed E-state index contributed by atoms with van der Waals surface area (Å²) in [6, 6.07) is 12.5. The van der Waals surface area contributed by atoms with Crippen molar-refractivity contribution in [2.45, 2.75) is 12.7 Å². The molecular formula is C14H14FNO2S. The van der Waals surface area contributed by atoms with Crippen molar-refractivity contribution in [3.8, 4) is 0 Å². The van der Waals surface area contributed by atoms with Gasteiger partial charge in [-0.25, -0.2) is 12.8 Å². The Morgan fingerprint density at radius 1 is 1.11 bits per heavy atom. The van der Waals surface area contributed by atoms with E-state index in [9.17, 15) is 12.8 Å². The van der Waals surface area contributed by atoms with Crippen molar-refractivity contribution < 1.29 is 12.8 Å². The van der Waals surface area contributed by atoms with Crippen LogP contribution in [0, 0.1) is 12.7 Å². The first-order chi connectivity index (χ1) is 8.94. The van der Waals surface area contributed by atoms with Gasteiger partial charge >= 0.3 is 0 Å². The molecule has 0 fully saturated rings. The lowest BCUT2D eigenvalue weighted by molar-refractivity contribution is 0.600. The van der Waals surface area contributed by atoms with Gasteiger partial charge in [-0.15, -0.1) is 0 Å². The number of benzene rings is 2. The zero-order valence-electron chi connectivity index (χ0n) is 10.4. The molecule has 0 amide bonds. The summed E-state index contributed by atoms with van der Waals surface area (Å²) in [6.07, 6.45) is 0. The Hall–Kier alpha value is -1.88. The predicted octanol–water partition coefficient (Wildman–Crippen LogP) is 3.08. The van der Waals surface area contributed by atoms with Gasteiger partial charge in [-0.2, -0.15) is 0 Å². The maximum Gasteiger partial charge on any atom is 0.236 e. The summed E-state index contributed by atoms with van der Waals surface area (Å²) in [6.45, 7) is 1.91. The molecule has 1 N–H and O–H groups in total. The van der Waals surface area contributed by atoms with Crippen molar-refractivity contribution in [3.05, 3.63) is 65.5 Å². The number of aryl methyl sites for hydroxylation is 1. The third kappa shape index (κ3) is 4.06. The van der Waals surface area contributed by atoms with E-state index in [2.05, 4.69) is 4.72 Å². The van der Waals surface area contributed by atoms with Crippen LogP contribution in [0.25, 0.3) is 0 Å². The Morgan fingerprint density at radius 3 is 2.42 bits per heavy atom. The Bertz CT molecular complexity index is 666. The molecule has 2 aromatic rings. The minimum atomic E-state index is -3.49. The summed E-state index contributed by atoms with van der Waals surface area (Å²) in [5.41, 5.74) is 2.08. The van der Waals surface area contributed by atoms with Gasteiger partial charge in [-0.1, -0.05) is 29.8 Å². The van der Waals surface area contributed by atoms with Crippen LogP contribution in [0.4, 0.5) is 10.1 Å². The van der Waals surface area contributed by atoms with E-state index in [1.807, 2.05) is 25.1 Å². The normalized spacial score (nSPS) is 11.3. The second-order valence-corrected chi connectivity index (χ2v) is 6.08. The number of halogens is 1. The molecule has 19 heavy (non-hydrogen) atoms. The number of nitrogens with one attached hydrogen (secondary N) is 1. The predicted molar refractivity (Wildman–Crippen MR) is 73.8 cm³/mol. The van der Waals surface area contributed by atoms with Gasteiger partial charge in [0.25, 0.3) is 0 Å².